The highest BCUT2D eigenvalue weighted by Crippen LogP contribution is 2.32. The molecule has 0 bridgehead atoms. The summed E-state index contributed by atoms with van der Waals surface area (Å²) >= 11 is 17.9. The van der Waals surface area contributed by atoms with Crippen LogP contribution in [0.25, 0.3) is 0 Å². The van der Waals surface area contributed by atoms with Gasteiger partial charge in [0.2, 0.25) is 5.88 Å². The monoisotopic (exact) mass is 556 g/mol. The fraction of sp³-hybridized carbons (Fsp3) is 0.217. The minimum absolute atomic E-state index is 0.00196. The smallest absolute Gasteiger partial charge is 0.262 e. The number of pyridine rings is 1. The second-order valence-electron chi connectivity index (χ2n) is 7.73. The predicted molar refractivity (Wildman–Crippen MR) is 139 cm³/mol. The number of nitrogens with zero attached hydrogens (tertiary/aromatic N) is 2. The van der Waals surface area contributed by atoms with E-state index in [-0.39, 0.29) is 43.2 Å². The van der Waals surface area contributed by atoms with Crippen LogP contribution in [0, 0.1) is 0 Å². The zero-order chi connectivity index (χ0) is 25.6. The van der Waals surface area contributed by atoms with E-state index in [0.717, 1.165) is 13.0 Å². The van der Waals surface area contributed by atoms with Crippen LogP contribution in [0.4, 0.5) is 5.69 Å². The molecule has 0 atom stereocenters. The Morgan fingerprint density at radius 3 is 2.54 bits per heavy atom. The molecule has 0 unspecified atom stereocenters. The van der Waals surface area contributed by atoms with Gasteiger partial charge < -0.3 is 15.0 Å². The molecule has 0 aliphatic heterocycles. The van der Waals surface area contributed by atoms with E-state index in [4.69, 9.17) is 39.5 Å². The summed E-state index contributed by atoms with van der Waals surface area (Å²) in [7, 11) is -0.135. The average molecular weight is 558 g/mol. The van der Waals surface area contributed by atoms with Gasteiger partial charge in [-0.2, -0.15) is 0 Å². The van der Waals surface area contributed by atoms with E-state index in [2.05, 4.69) is 15.0 Å². The zero-order valence-corrected chi connectivity index (χ0v) is 22.0. The maximum Gasteiger partial charge on any atom is 0.262 e. The van der Waals surface area contributed by atoms with E-state index in [0.29, 0.717) is 12.1 Å². The Kier molecular flexibility index (Phi) is 9.21. The van der Waals surface area contributed by atoms with E-state index < -0.39 is 10.0 Å². The lowest BCUT2D eigenvalue weighted by Crippen LogP contribution is -2.27. The lowest BCUT2D eigenvalue weighted by molar-refractivity contribution is 0.0952. The average Bonchev–Trinajstić information content (AvgIpc) is 2.80. The molecule has 8 nitrogen and oxygen atoms in total. The number of rotatable bonds is 10. The minimum atomic E-state index is -4.06. The van der Waals surface area contributed by atoms with E-state index in [1.165, 1.54) is 36.5 Å². The third kappa shape index (κ3) is 7.71. The summed E-state index contributed by atoms with van der Waals surface area (Å²) < 4.78 is 34.0. The first-order valence-corrected chi connectivity index (χ1v) is 13.0. The van der Waals surface area contributed by atoms with Crippen LogP contribution in [0.2, 0.25) is 15.1 Å². The quantitative estimate of drug-likeness (QED) is 0.327. The molecular weight excluding hydrogens is 535 g/mol. The molecule has 0 aliphatic carbocycles. The number of amides is 1. The molecule has 12 heteroatoms. The molecule has 2 aromatic carbocycles. The van der Waals surface area contributed by atoms with Crippen LogP contribution in [0.5, 0.6) is 11.6 Å². The van der Waals surface area contributed by atoms with Gasteiger partial charge in [-0.15, -0.1) is 0 Å². The Hall–Kier alpha value is -2.56. The Bertz CT molecular complexity index is 1320. The highest BCUT2D eigenvalue weighted by atomic mass is 35.5. The van der Waals surface area contributed by atoms with E-state index in [1.807, 2.05) is 19.0 Å². The summed E-state index contributed by atoms with van der Waals surface area (Å²) in [5.41, 5.74) is 0.390. The summed E-state index contributed by atoms with van der Waals surface area (Å²) in [5.74, 6) is -0.0175. The maximum absolute atomic E-state index is 12.9. The lowest BCUT2D eigenvalue weighted by atomic mass is 10.2. The van der Waals surface area contributed by atoms with Gasteiger partial charge in [-0.1, -0.05) is 40.9 Å². The number of hydrogen-bond acceptors (Lipinski definition) is 6. The zero-order valence-electron chi connectivity index (χ0n) is 18.9. The van der Waals surface area contributed by atoms with Crippen LogP contribution in [0.3, 0.4) is 0 Å². The molecule has 3 aromatic rings. The maximum atomic E-state index is 12.9. The first-order valence-electron chi connectivity index (χ1n) is 10.4. The van der Waals surface area contributed by atoms with Gasteiger partial charge in [-0.05, 0) is 69.5 Å². The van der Waals surface area contributed by atoms with E-state index >= 15 is 0 Å². The number of carbonyl (C=O) groups is 1. The topological polar surface area (TPSA) is 101 Å². The molecule has 0 saturated heterocycles. The van der Waals surface area contributed by atoms with Crippen molar-refractivity contribution in [1.82, 2.24) is 15.2 Å². The van der Waals surface area contributed by atoms with Crippen molar-refractivity contribution in [2.45, 2.75) is 11.3 Å². The molecule has 0 spiro atoms. The molecule has 1 aromatic heterocycles. The molecule has 35 heavy (non-hydrogen) atoms. The molecule has 3 rings (SSSR count). The summed E-state index contributed by atoms with van der Waals surface area (Å²) in [4.78, 5) is 18.5. The van der Waals surface area contributed by atoms with Crippen LogP contribution >= 0.6 is 34.8 Å². The third-order valence-corrected chi connectivity index (χ3v) is 6.95. The Morgan fingerprint density at radius 1 is 1.06 bits per heavy atom. The van der Waals surface area contributed by atoms with Gasteiger partial charge in [0.25, 0.3) is 15.9 Å². The molecule has 186 valence electrons. The number of halogens is 3. The normalized spacial score (nSPS) is 11.4. The Morgan fingerprint density at radius 2 is 1.83 bits per heavy atom. The van der Waals surface area contributed by atoms with Gasteiger partial charge in [0, 0.05) is 18.3 Å². The van der Waals surface area contributed by atoms with Crippen molar-refractivity contribution in [3.8, 4) is 11.6 Å². The summed E-state index contributed by atoms with van der Waals surface area (Å²) in [6.45, 7) is 1.38. The summed E-state index contributed by atoms with van der Waals surface area (Å²) in [6, 6.07) is 11.7. The van der Waals surface area contributed by atoms with Crippen molar-refractivity contribution in [3.05, 3.63) is 75.4 Å². The number of anilines is 1. The number of sulfonamides is 1. The number of benzene rings is 2. The SMILES string of the molecule is CN(C)CCCNC(=O)c1cccc(Oc2ncc(Cl)cc2NS(=O)(=O)c2ccc(Cl)c(Cl)c2)c1. The number of carbonyl (C=O) groups excluding carboxylic acids is 1. The Balaban J connectivity index is 1.79. The van der Waals surface area contributed by atoms with Gasteiger partial charge in [-0.3, -0.25) is 9.52 Å². The van der Waals surface area contributed by atoms with E-state index in [1.54, 1.807) is 18.2 Å². The van der Waals surface area contributed by atoms with Crippen LogP contribution in [-0.2, 0) is 10.0 Å². The van der Waals surface area contributed by atoms with Crippen LogP contribution in [0.15, 0.2) is 59.6 Å². The van der Waals surface area contributed by atoms with Crippen LogP contribution in [0.1, 0.15) is 16.8 Å². The van der Waals surface area contributed by atoms with Crippen molar-refractivity contribution in [2.75, 3.05) is 31.9 Å². The molecule has 0 radical (unpaired) electrons. The molecule has 0 aliphatic rings. The molecule has 1 heterocycles. The van der Waals surface area contributed by atoms with Gasteiger partial charge in [0.1, 0.15) is 11.4 Å². The number of nitrogens with one attached hydrogen (secondary N) is 2. The minimum Gasteiger partial charge on any atom is -0.437 e. The highest BCUT2D eigenvalue weighted by molar-refractivity contribution is 7.92. The largest absolute Gasteiger partial charge is 0.437 e. The van der Waals surface area contributed by atoms with Crippen molar-refractivity contribution in [1.29, 1.82) is 0 Å². The molecule has 2 N–H and O–H groups in total. The van der Waals surface area contributed by atoms with Crippen molar-refractivity contribution in [3.63, 3.8) is 0 Å². The lowest BCUT2D eigenvalue weighted by Gasteiger charge is -2.14. The summed E-state index contributed by atoms with van der Waals surface area (Å²) in [6.07, 6.45) is 2.13. The van der Waals surface area contributed by atoms with Crippen LogP contribution in [-0.4, -0.2) is 51.4 Å². The number of hydrogen-bond donors (Lipinski definition) is 2. The van der Waals surface area contributed by atoms with Crippen molar-refractivity contribution < 1.29 is 17.9 Å². The second kappa shape index (κ2) is 11.9. The standard InChI is InChI=1S/C23H23Cl3N4O4S/c1-30(2)10-4-9-27-22(31)15-5-3-6-17(11-15)34-23-21(12-16(24)14-28-23)29-35(32,33)18-7-8-19(25)20(26)13-18/h3,5-8,11-14,29H,4,9-10H2,1-2H3,(H,27,31). The van der Waals surface area contributed by atoms with E-state index in [9.17, 15) is 13.2 Å². The molecule has 1 amide bonds. The molecule has 0 fully saturated rings. The van der Waals surface area contributed by atoms with Gasteiger partial charge in [0.15, 0.2) is 0 Å². The summed E-state index contributed by atoms with van der Waals surface area (Å²) in [5, 5.41) is 3.36. The number of aromatic nitrogens is 1. The van der Waals surface area contributed by atoms with Crippen LogP contribution < -0.4 is 14.8 Å². The van der Waals surface area contributed by atoms with Gasteiger partial charge in [-0.25, -0.2) is 13.4 Å². The molecule has 0 saturated carbocycles. The second-order valence-corrected chi connectivity index (χ2v) is 10.7. The van der Waals surface area contributed by atoms with Gasteiger partial charge in [0.05, 0.1) is 20.0 Å². The Labute approximate surface area is 219 Å². The first-order chi connectivity index (χ1) is 16.5. The first kappa shape index (κ1) is 27.0. The number of ether oxygens (including phenoxy) is 1. The van der Waals surface area contributed by atoms with Crippen molar-refractivity contribution >= 4 is 56.4 Å². The fourth-order valence-corrected chi connectivity index (χ4v) is 4.54. The van der Waals surface area contributed by atoms with Gasteiger partial charge >= 0.3 is 0 Å². The molecular formula is C23H23Cl3N4O4S. The predicted octanol–water partition coefficient (Wildman–Crippen LogP) is 5.32. The highest BCUT2D eigenvalue weighted by Gasteiger charge is 2.20. The van der Waals surface area contributed by atoms with Crippen molar-refractivity contribution in [2.24, 2.45) is 0 Å². The fourth-order valence-electron chi connectivity index (χ4n) is 2.94. The third-order valence-electron chi connectivity index (χ3n) is 4.64.